The summed E-state index contributed by atoms with van der Waals surface area (Å²) >= 11 is 3.60. The number of aliphatic hydroxyl groups excluding tert-OH is 1. The molecule has 0 saturated heterocycles. The average molecular weight is 186 g/mol. The molecule has 1 atom stereocenters. The van der Waals surface area contributed by atoms with Crippen molar-refractivity contribution in [3.8, 4) is 0 Å². The SMILES string of the molecule is O=S(=O)(O)C(S)CCCO. The summed E-state index contributed by atoms with van der Waals surface area (Å²) < 4.78 is 27.7. The van der Waals surface area contributed by atoms with Gasteiger partial charge >= 0.3 is 0 Å². The van der Waals surface area contributed by atoms with Crippen LogP contribution in [0.5, 0.6) is 0 Å². The summed E-state index contributed by atoms with van der Waals surface area (Å²) in [5.41, 5.74) is 0. The standard InChI is InChI=1S/C4H10O4S2/c5-3-1-2-4(9)10(6,7)8/h4-5,9H,1-3H2,(H,6,7,8). The van der Waals surface area contributed by atoms with Crippen LogP contribution < -0.4 is 0 Å². The van der Waals surface area contributed by atoms with Crippen LogP contribution in [0.1, 0.15) is 12.8 Å². The molecule has 62 valence electrons. The summed E-state index contributed by atoms with van der Waals surface area (Å²) in [6.07, 6.45) is 0.492. The summed E-state index contributed by atoms with van der Waals surface area (Å²) in [7, 11) is -4.02. The van der Waals surface area contributed by atoms with Crippen LogP contribution in [0, 0.1) is 0 Å². The van der Waals surface area contributed by atoms with Gasteiger partial charge in [-0.2, -0.15) is 21.0 Å². The van der Waals surface area contributed by atoms with Gasteiger partial charge in [0.1, 0.15) is 4.58 Å². The third-order valence-electron chi connectivity index (χ3n) is 0.953. The van der Waals surface area contributed by atoms with Crippen molar-refractivity contribution in [1.29, 1.82) is 0 Å². The Kier molecular flexibility index (Phi) is 4.26. The lowest BCUT2D eigenvalue weighted by Gasteiger charge is -2.03. The maximum absolute atomic E-state index is 10.2. The van der Waals surface area contributed by atoms with E-state index in [1.807, 2.05) is 0 Å². The van der Waals surface area contributed by atoms with E-state index in [0.717, 1.165) is 0 Å². The highest BCUT2D eigenvalue weighted by Gasteiger charge is 2.16. The molecule has 4 nitrogen and oxygen atoms in total. The molecular weight excluding hydrogens is 176 g/mol. The van der Waals surface area contributed by atoms with Crippen LogP contribution in [0.4, 0.5) is 0 Å². The van der Waals surface area contributed by atoms with Gasteiger partial charge in [-0.05, 0) is 12.8 Å². The number of thiol groups is 1. The smallest absolute Gasteiger partial charge is 0.276 e. The number of rotatable bonds is 4. The fourth-order valence-electron chi connectivity index (χ4n) is 0.415. The molecule has 0 aromatic heterocycles. The van der Waals surface area contributed by atoms with Crippen LogP contribution in [-0.4, -0.2) is 29.3 Å². The molecule has 0 spiro atoms. The minimum Gasteiger partial charge on any atom is -0.396 e. The van der Waals surface area contributed by atoms with E-state index in [0.29, 0.717) is 6.42 Å². The van der Waals surface area contributed by atoms with Gasteiger partial charge in [-0.25, -0.2) is 0 Å². The molecule has 0 heterocycles. The van der Waals surface area contributed by atoms with Crippen LogP contribution >= 0.6 is 12.6 Å². The second-order valence-electron chi connectivity index (χ2n) is 1.84. The van der Waals surface area contributed by atoms with E-state index in [4.69, 9.17) is 9.66 Å². The zero-order valence-corrected chi connectivity index (χ0v) is 6.98. The monoisotopic (exact) mass is 186 g/mol. The van der Waals surface area contributed by atoms with Crippen LogP contribution in [-0.2, 0) is 10.1 Å². The molecule has 10 heavy (non-hydrogen) atoms. The fraction of sp³-hybridized carbons (Fsp3) is 1.00. The van der Waals surface area contributed by atoms with E-state index in [-0.39, 0.29) is 13.0 Å². The third kappa shape index (κ3) is 4.10. The van der Waals surface area contributed by atoms with Gasteiger partial charge < -0.3 is 5.11 Å². The Morgan fingerprint density at radius 3 is 2.30 bits per heavy atom. The number of hydrogen-bond acceptors (Lipinski definition) is 4. The van der Waals surface area contributed by atoms with E-state index >= 15 is 0 Å². The van der Waals surface area contributed by atoms with Gasteiger partial charge in [-0.1, -0.05) is 0 Å². The lowest BCUT2D eigenvalue weighted by Crippen LogP contribution is -2.14. The first-order valence-corrected chi connectivity index (χ1v) is 4.75. The topological polar surface area (TPSA) is 74.6 Å². The first kappa shape index (κ1) is 10.2. The lowest BCUT2D eigenvalue weighted by molar-refractivity contribution is 0.286. The Balaban J connectivity index is 3.75. The molecule has 0 aliphatic carbocycles. The summed E-state index contributed by atoms with van der Waals surface area (Å²) in [5.74, 6) is 0. The summed E-state index contributed by atoms with van der Waals surface area (Å²) in [5, 5.41) is 8.27. The molecule has 0 saturated carbocycles. The first-order valence-electron chi connectivity index (χ1n) is 2.73. The van der Waals surface area contributed by atoms with Crippen LogP contribution in [0.25, 0.3) is 0 Å². The quantitative estimate of drug-likeness (QED) is 0.423. The molecule has 0 amide bonds. The minimum absolute atomic E-state index is 0.0907. The molecule has 0 bridgehead atoms. The molecule has 0 fully saturated rings. The van der Waals surface area contributed by atoms with Gasteiger partial charge in [0.2, 0.25) is 0 Å². The fourth-order valence-corrected chi connectivity index (χ4v) is 1.06. The van der Waals surface area contributed by atoms with E-state index in [9.17, 15) is 8.42 Å². The van der Waals surface area contributed by atoms with Gasteiger partial charge in [-0.15, -0.1) is 0 Å². The molecular formula is C4H10O4S2. The van der Waals surface area contributed by atoms with Crippen LogP contribution in [0.2, 0.25) is 0 Å². The minimum atomic E-state index is -4.02. The van der Waals surface area contributed by atoms with Gasteiger partial charge in [0.05, 0.1) is 0 Å². The molecule has 6 heteroatoms. The van der Waals surface area contributed by atoms with E-state index in [1.54, 1.807) is 0 Å². The van der Waals surface area contributed by atoms with Crippen molar-refractivity contribution in [2.75, 3.05) is 6.61 Å². The van der Waals surface area contributed by atoms with Crippen LogP contribution in [0.3, 0.4) is 0 Å². The van der Waals surface area contributed by atoms with E-state index < -0.39 is 14.7 Å². The highest BCUT2D eigenvalue weighted by atomic mass is 32.3. The first-order chi connectivity index (χ1) is 4.48. The molecule has 2 N–H and O–H groups in total. The Bertz CT molecular complexity index is 174. The van der Waals surface area contributed by atoms with Crippen molar-refractivity contribution >= 4 is 22.7 Å². The Labute approximate surface area is 65.4 Å². The third-order valence-corrected chi connectivity index (χ3v) is 2.93. The lowest BCUT2D eigenvalue weighted by atomic mass is 10.4. The van der Waals surface area contributed by atoms with Crippen LogP contribution in [0.15, 0.2) is 0 Å². The molecule has 0 aliphatic heterocycles. The van der Waals surface area contributed by atoms with Gasteiger partial charge in [0.15, 0.2) is 0 Å². The second kappa shape index (κ2) is 4.17. The summed E-state index contributed by atoms with van der Waals surface area (Å²) in [6, 6.07) is 0. The maximum atomic E-state index is 10.2. The Morgan fingerprint density at radius 2 is 2.00 bits per heavy atom. The number of hydrogen-bond donors (Lipinski definition) is 3. The van der Waals surface area contributed by atoms with E-state index in [2.05, 4.69) is 12.6 Å². The Hall–Kier alpha value is 0.220. The zero-order chi connectivity index (χ0) is 8.20. The van der Waals surface area contributed by atoms with Crippen molar-refractivity contribution in [1.82, 2.24) is 0 Å². The Morgan fingerprint density at radius 1 is 1.50 bits per heavy atom. The van der Waals surface area contributed by atoms with Crippen molar-refractivity contribution in [3.63, 3.8) is 0 Å². The van der Waals surface area contributed by atoms with Gasteiger partial charge in [-0.3, -0.25) is 4.55 Å². The molecule has 1 unspecified atom stereocenters. The maximum Gasteiger partial charge on any atom is 0.276 e. The average Bonchev–Trinajstić information content (AvgIpc) is 1.80. The van der Waals surface area contributed by atoms with Crippen molar-refractivity contribution in [2.24, 2.45) is 0 Å². The normalized spacial score (nSPS) is 15.1. The van der Waals surface area contributed by atoms with Gasteiger partial charge in [0.25, 0.3) is 10.1 Å². The highest BCUT2D eigenvalue weighted by molar-refractivity contribution is 8.01. The number of aliphatic hydroxyl groups is 1. The highest BCUT2D eigenvalue weighted by Crippen LogP contribution is 2.09. The summed E-state index contributed by atoms with van der Waals surface area (Å²) in [4.78, 5) is 0. The molecule has 0 radical (unpaired) electrons. The van der Waals surface area contributed by atoms with Crippen molar-refractivity contribution < 1.29 is 18.1 Å². The van der Waals surface area contributed by atoms with Crippen molar-refractivity contribution in [3.05, 3.63) is 0 Å². The van der Waals surface area contributed by atoms with Crippen molar-refractivity contribution in [2.45, 2.75) is 17.4 Å². The molecule has 0 rings (SSSR count). The van der Waals surface area contributed by atoms with Gasteiger partial charge in [0, 0.05) is 6.61 Å². The largest absolute Gasteiger partial charge is 0.396 e. The molecule has 0 aliphatic rings. The second-order valence-corrected chi connectivity index (χ2v) is 4.41. The predicted octanol–water partition coefficient (Wildman–Crippen LogP) is -0.0974. The zero-order valence-electron chi connectivity index (χ0n) is 5.27. The van der Waals surface area contributed by atoms with E-state index in [1.165, 1.54) is 0 Å². The predicted molar refractivity (Wildman–Crippen MR) is 40.6 cm³/mol. The summed E-state index contributed by atoms with van der Waals surface area (Å²) in [6.45, 7) is -0.0907. The molecule has 0 aromatic carbocycles. The molecule has 0 aromatic rings.